The van der Waals surface area contributed by atoms with Crippen molar-refractivity contribution in [1.29, 1.82) is 0 Å². The van der Waals surface area contributed by atoms with E-state index in [4.69, 9.17) is 16.0 Å². The molecule has 2 rings (SSSR count). The average Bonchev–Trinajstić information content (AvgIpc) is 2.80. The first-order chi connectivity index (χ1) is 9.08. The maximum Gasteiger partial charge on any atom is 0.181 e. The summed E-state index contributed by atoms with van der Waals surface area (Å²) >= 11 is 9.48. The van der Waals surface area contributed by atoms with Crippen LogP contribution in [0.4, 0.5) is 0 Å². The van der Waals surface area contributed by atoms with Gasteiger partial charge in [-0.2, -0.15) is 0 Å². The standard InChI is InChI=1S/C14H16BrClN2O/c1-9(2)6-17-7-13-14(19-8-18-13)10-3-4-11(15)12(16)5-10/h3-5,8-9,17H,6-7H2,1-2H3. The van der Waals surface area contributed by atoms with Gasteiger partial charge in [-0.15, -0.1) is 0 Å². The molecule has 2 aromatic rings. The molecule has 3 nitrogen and oxygen atoms in total. The molecule has 0 amide bonds. The molecule has 0 saturated carbocycles. The first kappa shape index (κ1) is 14.6. The summed E-state index contributed by atoms with van der Waals surface area (Å²) in [6.07, 6.45) is 1.47. The summed E-state index contributed by atoms with van der Waals surface area (Å²) in [6, 6.07) is 5.74. The monoisotopic (exact) mass is 342 g/mol. The van der Waals surface area contributed by atoms with Crippen LogP contribution in [-0.2, 0) is 6.54 Å². The lowest BCUT2D eigenvalue weighted by atomic mass is 10.1. The number of nitrogens with zero attached hydrogens (tertiary/aromatic N) is 1. The third kappa shape index (κ3) is 3.81. The van der Waals surface area contributed by atoms with Gasteiger partial charge in [-0.3, -0.25) is 0 Å². The highest BCUT2D eigenvalue weighted by Crippen LogP contribution is 2.30. The summed E-state index contributed by atoms with van der Waals surface area (Å²) in [5, 5.41) is 4.02. The Bertz CT molecular complexity index is 554. The van der Waals surface area contributed by atoms with Crippen LogP contribution in [0, 0.1) is 5.92 Å². The summed E-state index contributed by atoms with van der Waals surface area (Å²) in [6.45, 7) is 5.99. The van der Waals surface area contributed by atoms with Gasteiger partial charge >= 0.3 is 0 Å². The van der Waals surface area contributed by atoms with Crippen molar-refractivity contribution in [2.24, 2.45) is 5.92 Å². The van der Waals surface area contributed by atoms with E-state index >= 15 is 0 Å². The molecular weight excluding hydrogens is 328 g/mol. The lowest BCUT2D eigenvalue weighted by molar-refractivity contribution is 0.545. The van der Waals surface area contributed by atoms with Gasteiger partial charge in [0.2, 0.25) is 0 Å². The van der Waals surface area contributed by atoms with Crippen LogP contribution in [-0.4, -0.2) is 11.5 Å². The van der Waals surface area contributed by atoms with Crippen molar-refractivity contribution < 1.29 is 4.42 Å². The molecule has 5 heteroatoms. The largest absolute Gasteiger partial charge is 0.443 e. The number of halogens is 2. The summed E-state index contributed by atoms with van der Waals surface area (Å²) in [5.74, 6) is 1.38. The maximum absolute atomic E-state index is 6.10. The number of rotatable bonds is 5. The molecule has 1 aromatic carbocycles. The second kappa shape index (κ2) is 6.55. The van der Waals surface area contributed by atoms with Crippen LogP contribution < -0.4 is 5.32 Å². The number of benzene rings is 1. The topological polar surface area (TPSA) is 38.1 Å². The zero-order valence-electron chi connectivity index (χ0n) is 10.9. The summed E-state index contributed by atoms with van der Waals surface area (Å²) in [7, 11) is 0. The third-order valence-corrected chi connectivity index (χ3v) is 3.90. The lowest BCUT2D eigenvalue weighted by Gasteiger charge is -2.07. The van der Waals surface area contributed by atoms with Crippen LogP contribution in [0.5, 0.6) is 0 Å². The number of hydrogen-bond acceptors (Lipinski definition) is 3. The van der Waals surface area contributed by atoms with Crippen molar-refractivity contribution in [2.45, 2.75) is 20.4 Å². The van der Waals surface area contributed by atoms with E-state index in [1.165, 1.54) is 6.39 Å². The van der Waals surface area contributed by atoms with Crippen LogP contribution in [0.15, 0.2) is 33.5 Å². The zero-order valence-corrected chi connectivity index (χ0v) is 13.3. The summed E-state index contributed by atoms with van der Waals surface area (Å²) < 4.78 is 6.35. The molecule has 19 heavy (non-hydrogen) atoms. The van der Waals surface area contributed by atoms with E-state index in [2.05, 4.69) is 40.1 Å². The predicted molar refractivity (Wildman–Crippen MR) is 81.2 cm³/mol. The molecule has 1 heterocycles. The van der Waals surface area contributed by atoms with Crippen molar-refractivity contribution in [2.75, 3.05) is 6.54 Å². The molecule has 0 fully saturated rings. The van der Waals surface area contributed by atoms with Crippen molar-refractivity contribution >= 4 is 27.5 Å². The Kier molecular flexibility index (Phi) is 5.02. The number of oxazole rings is 1. The normalized spacial score (nSPS) is 11.2. The van der Waals surface area contributed by atoms with Gasteiger partial charge in [0.1, 0.15) is 5.69 Å². The van der Waals surface area contributed by atoms with Crippen molar-refractivity contribution in [3.63, 3.8) is 0 Å². The van der Waals surface area contributed by atoms with E-state index in [1.807, 2.05) is 18.2 Å². The van der Waals surface area contributed by atoms with Crippen LogP contribution in [0.1, 0.15) is 19.5 Å². The fourth-order valence-corrected chi connectivity index (χ4v) is 2.17. The van der Waals surface area contributed by atoms with Gasteiger partial charge in [-0.05, 0) is 46.6 Å². The molecule has 0 radical (unpaired) electrons. The fraction of sp³-hybridized carbons (Fsp3) is 0.357. The average molecular weight is 344 g/mol. The van der Waals surface area contributed by atoms with E-state index in [9.17, 15) is 0 Å². The first-order valence-electron chi connectivity index (χ1n) is 6.16. The van der Waals surface area contributed by atoms with Gasteiger partial charge in [0.15, 0.2) is 12.2 Å². The molecule has 1 aromatic heterocycles. The van der Waals surface area contributed by atoms with Crippen molar-refractivity contribution in [3.8, 4) is 11.3 Å². The molecule has 0 bridgehead atoms. The minimum atomic E-state index is 0.609. The predicted octanol–water partition coefficient (Wildman–Crippen LogP) is 4.50. The highest BCUT2D eigenvalue weighted by atomic mass is 79.9. The highest BCUT2D eigenvalue weighted by Gasteiger charge is 2.12. The van der Waals surface area contributed by atoms with Crippen molar-refractivity contribution in [3.05, 3.63) is 39.8 Å². The smallest absolute Gasteiger partial charge is 0.181 e. The fourth-order valence-electron chi connectivity index (χ4n) is 1.75. The van der Waals surface area contributed by atoms with Gasteiger partial charge in [-0.1, -0.05) is 25.4 Å². The van der Waals surface area contributed by atoms with E-state index in [1.54, 1.807) is 0 Å². The minimum Gasteiger partial charge on any atom is -0.443 e. The molecule has 0 unspecified atom stereocenters. The molecule has 0 spiro atoms. The summed E-state index contributed by atoms with van der Waals surface area (Å²) in [5.41, 5.74) is 1.84. The molecule has 0 aliphatic rings. The van der Waals surface area contributed by atoms with Crippen molar-refractivity contribution in [1.82, 2.24) is 10.3 Å². The quantitative estimate of drug-likeness (QED) is 0.868. The van der Waals surface area contributed by atoms with E-state index < -0.39 is 0 Å². The second-order valence-corrected chi connectivity index (χ2v) is 6.04. The van der Waals surface area contributed by atoms with Crippen LogP contribution >= 0.6 is 27.5 Å². The Morgan fingerprint density at radius 1 is 1.42 bits per heavy atom. The van der Waals surface area contributed by atoms with Gasteiger partial charge in [0.05, 0.1) is 5.02 Å². The zero-order chi connectivity index (χ0) is 13.8. The van der Waals surface area contributed by atoms with E-state index in [-0.39, 0.29) is 0 Å². The van der Waals surface area contributed by atoms with Gasteiger partial charge < -0.3 is 9.73 Å². The lowest BCUT2D eigenvalue weighted by Crippen LogP contribution is -2.19. The number of aromatic nitrogens is 1. The van der Waals surface area contributed by atoms with E-state index in [0.29, 0.717) is 17.5 Å². The Morgan fingerprint density at radius 3 is 2.89 bits per heavy atom. The Morgan fingerprint density at radius 2 is 2.21 bits per heavy atom. The molecule has 1 N–H and O–H groups in total. The van der Waals surface area contributed by atoms with Crippen LogP contribution in [0.25, 0.3) is 11.3 Å². The Balaban J connectivity index is 2.16. The molecule has 0 aliphatic carbocycles. The second-order valence-electron chi connectivity index (χ2n) is 4.78. The number of nitrogens with one attached hydrogen (secondary N) is 1. The molecule has 102 valence electrons. The van der Waals surface area contributed by atoms with Gasteiger partial charge in [0, 0.05) is 16.6 Å². The van der Waals surface area contributed by atoms with E-state index in [0.717, 1.165) is 28.0 Å². The minimum absolute atomic E-state index is 0.609. The number of hydrogen-bond donors (Lipinski definition) is 1. The van der Waals surface area contributed by atoms with Gasteiger partial charge in [0.25, 0.3) is 0 Å². The molecule has 0 atom stereocenters. The Hall–Kier alpha value is -0.840. The Labute approximate surface area is 126 Å². The first-order valence-corrected chi connectivity index (χ1v) is 7.33. The summed E-state index contributed by atoms with van der Waals surface area (Å²) in [4.78, 5) is 4.26. The third-order valence-electron chi connectivity index (χ3n) is 2.67. The molecule has 0 aliphatic heterocycles. The van der Waals surface area contributed by atoms with Crippen LogP contribution in [0.3, 0.4) is 0 Å². The maximum atomic E-state index is 6.10. The molecular formula is C14H16BrClN2O. The highest BCUT2D eigenvalue weighted by molar-refractivity contribution is 9.10. The van der Waals surface area contributed by atoms with Gasteiger partial charge in [-0.25, -0.2) is 4.98 Å². The SMILES string of the molecule is CC(C)CNCc1ncoc1-c1ccc(Br)c(Cl)c1. The molecule has 0 saturated heterocycles. The van der Waals surface area contributed by atoms with Crippen LogP contribution in [0.2, 0.25) is 5.02 Å².